The van der Waals surface area contributed by atoms with Gasteiger partial charge in [0.1, 0.15) is 5.82 Å². The predicted octanol–water partition coefficient (Wildman–Crippen LogP) is 3.73. The molecule has 0 N–H and O–H groups in total. The van der Waals surface area contributed by atoms with E-state index in [4.69, 9.17) is 11.6 Å². The minimum atomic E-state index is 0.533. The van der Waals surface area contributed by atoms with Crippen molar-refractivity contribution in [3.8, 4) is 0 Å². The summed E-state index contributed by atoms with van der Waals surface area (Å²) >= 11 is 9.55. The number of hydrogen-bond acceptors (Lipinski definition) is 2. The second-order valence-electron chi connectivity index (χ2n) is 4.30. The van der Waals surface area contributed by atoms with E-state index in [2.05, 4.69) is 39.7 Å². The first-order valence-electron chi connectivity index (χ1n) is 5.15. The van der Waals surface area contributed by atoms with Gasteiger partial charge in [-0.2, -0.15) is 0 Å². The number of halogens is 2. The summed E-state index contributed by atoms with van der Waals surface area (Å²) in [5.74, 6) is 1.64. The quantitative estimate of drug-likeness (QED) is 0.783. The van der Waals surface area contributed by atoms with Crippen LogP contribution in [0.15, 0.2) is 16.7 Å². The Bertz CT molecular complexity index is 370. The SMILES string of the molecule is CC1CC(C)N(c2ncc(Br)cc2Cl)C1. The number of aromatic nitrogens is 1. The summed E-state index contributed by atoms with van der Waals surface area (Å²) in [6, 6.07) is 2.44. The molecular weight excluding hydrogens is 275 g/mol. The summed E-state index contributed by atoms with van der Waals surface area (Å²) in [5, 5.41) is 0.727. The summed E-state index contributed by atoms with van der Waals surface area (Å²) < 4.78 is 0.927. The van der Waals surface area contributed by atoms with Crippen molar-refractivity contribution in [2.45, 2.75) is 26.3 Å². The Labute approximate surface area is 104 Å². The zero-order valence-corrected chi connectivity index (χ0v) is 11.2. The molecule has 0 bridgehead atoms. The molecule has 4 heteroatoms. The normalized spacial score (nSPS) is 26.0. The van der Waals surface area contributed by atoms with Crippen LogP contribution in [0.5, 0.6) is 0 Å². The molecule has 0 saturated carbocycles. The van der Waals surface area contributed by atoms with Gasteiger partial charge in [-0.1, -0.05) is 18.5 Å². The van der Waals surface area contributed by atoms with Crippen LogP contribution in [0.2, 0.25) is 5.02 Å². The first-order chi connectivity index (χ1) is 7.08. The van der Waals surface area contributed by atoms with E-state index in [9.17, 15) is 0 Å². The first-order valence-corrected chi connectivity index (χ1v) is 6.32. The van der Waals surface area contributed by atoms with Gasteiger partial charge in [0.15, 0.2) is 0 Å². The average molecular weight is 290 g/mol. The lowest BCUT2D eigenvalue weighted by atomic mass is 10.1. The van der Waals surface area contributed by atoms with Gasteiger partial charge in [-0.3, -0.25) is 0 Å². The summed E-state index contributed by atoms with van der Waals surface area (Å²) in [4.78, 5) is 6.68. The van der Waals surface area contributed by atoms with E-state index in [0.717, 1.165) is 27.8 Å². The van der Waals surface area contributed by atoms with Gasteiger partial charge in [-0.05, 0) is 41.3 Å². The lowest BCUT2D eigenvalue weighted by Gasteiger charge is -2.23. The van der Waals surface area contributed by atoms with Crippen LogP contribution >= 0.6 is 27.5 Å². The van der Waals surface area contributed by atoms with Crippen molar-refractivity contribution in [3.63, 3.8) is 0 Å². The highest BCUT2D eigenvalue weighted by Crippen LogP contribution is 2.33. The molecule has 0 spiro atoms. The van der Waals surface area contributed by atoms with E-state index in [1.807, 2.05) is 6.07 Å². The van der Waals surface area contributed by atoms with Crippen molar-refractivity contribution < 1.29 is 0 Å². The molecule has 0 aliphatic carbocycles. The number of nitrogens with zero attached hydrogens (tertiary/aromatic N) is 2. The van der Waals surface area contributed by atoms with Crippen molar-refractivity contribution in [2.75, 3.05) is 11.4 Å². The molecular formula is C11H14BrClN2. The molecule has 15 heavy (non-hydrogen) atoms. The lowest BCUT2D eigenvalue weighted by Crippen LogP contribution is -2.27. The molecule has 1 fully saturated rings. The third kappa shape index (κ3) is 2.28. The molecule has 0 aromatic carbocycles. The topological polar surface area (TPSA) is 16.1 Å². The highest BCUT2D eigenvalue weighted by atomic mass is 79.9. The van der Waals surface area contributed by atoms with Crippen molar-refractivity contribution in [3.05, 3.63) is 21.8 Å². The third-order valence-corrected chi connectivity index (χ3v) is 3.56. The van der Waals surface area contributed by atoms with Crippen LogP contribution in [-0.2, 0) is 0 Å². The van der Waals surface area contributed by atoms with Crippen LogP contribution in [-0.4, -0.2) is 17.6 Å². The van der Waals surface area contributed by atoms with Crippen LogP contribution < -0.4 is 4.90 Å². The molecule has 2 rings (SSSR count). The fraction of sp³-hybridized carbons (Fsp3) is 0.545. The van der Waals surface area contributed by atoms with Crippen LogP contribution in [0, 0.1) is 5.92 Å². The van der Waals surface area contributed by atoms with Gasteiger partial charge >= 0.3 is 0 Å². The fourth-order valence-electron chi connectivity index (χ4n) is 2.21. The van der Waals surface area contributed by atoms with Gasteiger partial charge in [0, 0.05) is 23.3 Å². The highest BCUT2D eigenvalue weighted by molar-refractivity contribution is 9.10. The minimum absolute atomic E-state index is 0.533. The number of rotatable bonds is 1. The van der Waals surface area contributed by atoms with E-state index in [1.165, 1.54) is 6.42 Å². The van der Waals surface area contributed by atoms with Gasteiger partial charge in [-0.15, -0.1) is 0 Å². The van der Waals surface area contributed by atoms with Crippen LogP contribution in [0.1, 0.15) is 20.3 Å². The molecule has 0 radical (unpaired) electrons. The monoisotopic (exact) mass is 288 g/mol. The van der Waals surface area contributed by atoms with Gasteiger partial charge in [0.05, 0.1) is 5.02 Å². The standard InChI is InChI=1S/C11H14BrClN2/c1-7-3-8(2)15(6-7)11-10(13)4-9(12)5-14-11/h4-5,7-8H,3,6H2,1-2H3. The number of anilines is 1. The van der Waals surface area contributed by atoms with Crippen molar-refractivity contribution in [1.82, 2.24) is 4.98 Å². The van der Waals surface area contributed by atoms with E-state index >= 15 is 0 Å². The van der Waals surface area contributed by atoms with Gasteiger partial charge in [-0.25, -0.2) is 4.98 Å². The molecule has 1 aromatic heterocycles. The number of pyridine rings is 1. The van der Waals surface area contributed by atoms with Gasteiger partial charge in [0.2, 0.25) is 0 Å². The Morgan fingerprint density at radius 2 is 2.27 bits per heavy atom. The highest BCUT2D eigenvalue weighted by Gasteiger charge is 2.28. The third-order valence-electron chi connectivity index (χ3n) is 2.84. The molecule has 2 atom stereocenters. The Hall–Kier alpha value is -0.280. The zero-order valence-electron chi connectivity index (χ0n) is 8.87. The van der Waals surface area contributed by atoms with Crippen molar-refractivity contribution in [2.24, 2.45) is 5.92 Å². The second-order valence-corrected chi connectivity index (χ2v) is 5.62. The lowest BCUT2D eigenvalue weighted by molar-refractivity contribution is 0.625. The molecule has 1 saturated heterocycles. The van der Waals surface area contributed by atoms with Gasteiger partial charge in [0.25, 0.3) is 0 Å². The Morgan fingerprint density at radius 1 is 1.53 bits per heavy atom. The largest absolute Gasteiger partial charge is 0.352 e. The maximum atomic E-state index is 6.19. The van der Waals surface area contributed by atoms with Crippen LogP contribution in [0.25, 0.3) is 0 Å². The molecule has 1 aromatic rings. The molecule has 2 nitrogen and oxygen atoms in total. The van der Waals surface area contributed by atoms with E-state index in [0.29, 0.717) is 6.04 Å². The van der Waals surface area contributed by atoms with E-state index in [1.54, 1.807) is 6.20 Å². The Morgan fingerprint density at radius 3 is 2.80 bits per heavy atom. The van der Waals surface area contributed by atoms with Gasteiger partial charge < -0.3 is 4.90 Å². The minimum Gasteiger partial charge on any atom is -0.352 e. The van der Waals surface area contributed by atoms with E-state index in [-0.39, 0.29) is 0 Å². The first kappa shape index (κ1) is 11.2. The second kappa shape index (κ2) is 4.30. The van der Waals surface area contributed by atoms with Crippen molar-refractivity contribution in [1.29, 1.82) is 0 Å². The summed E-state index contributed by atoms with van der Waals surface area (Å²) in [6.07, 6.45) is 3.02. The molecule has 2 heterocycles. The summed E-state index contributed by atoms with van der Waals surface area (Å²) in [5.41, 5.74) is 0. The summed E-state index contributed by atoms with van der Waals surface area (Å²) in [6.45, 7) is 5.54. The van der Waals surface area contributed by atoms with Crippen molar-refractivity contribution >= 4 is 33.3 Å². The molecule has 82 valence electrons. The maximum Gasteiger partial charge on any atom is 0.147 e. The summed E-state index contributed by atoms with van der Waals surface area (Å²) in [7, 11) is 0. The molecule has 1 aliphatic heterocycles. The molecule has 0 amide bonds. The fourth-order valence-corrected chi connectivity index (χ4v) is 2.95. The molecule has 2 unspecified atom stereocenters. The smallest absolute Gasteiger partial charge is 0.147 e. The van der Waals surface area contributed by atoms with Crippen LogP contribution in [0.3, 0.4) is 0 Å². The zero-order chi connectivity index (χ0) is 11.0. The Balaban J connectivity index is 2.29. The van der Waals surface area contributed by atoms with E-state index < -0.39 is 0 Å². The Kier molecular flexibility index (Phi) is 3.21. The maximum absolute atomic E-state index is 6.19. The predicted molar refractivity (Wildman–Crippen MR) is 67.5 cm³/mol. The molecule has 1 aliphatic rings. The number of hydrogen-bond donors (Lipinski definition) is 0. The van der Waals surface area contributed by atoms with Crippen LogP contribution in [0.4, 0.5) is 5.82 Å². The average Bonchev–Trinajstić information content (AvgIpc) is 2.45.